The van der Waals surface area contributed by atoms with Gasteiger partial charge >= 0.3 is 0 Å². The highest BCUT2D eigenvalue weighted by atomic mass is 16.3. The topological polar surface area (TPSA) is 20.2 Å². The van der Waals surface area contributed by atoms with Gasteiger partial charge in [-0.25, -0.2) is 0 Å². The quantitative estimate of drug-likeness (QED) is 0.419. The summed E-state index contributed by atoms with van der Waals surface area (Å²) >= 11 is 0. The van der Waals surface area contributed by atoms with Crippen molar-refractivity contribution in [1.29, 1.82) is 0 Å². The molecule has 0 spiro atoms. The molecule has 0 bridgehead atoms. The molecular weight excluding hydrogens is 64.0 g/mol. The van der Waals surface area contributed by atoms with E-state index in [1.807, 2.05) is 0 Å². The number of aliphatic hydroxyl groups excluding tert-OH is 1. The Morgan fingerprint density at radius 2 is 2.40 bits per heavy atom. The minimum Gasteiger partial charge on any atom is -0.504 e. The molecule has 1 nitrogen and oxygen atoms in total. The van der Waals surface area contributed by atoms with E-state index < -0.39 is 0 Å². The zero-order valence-electron chi connectivity index (χ0n) is 2.73. The predicted molar refractivity (Wildman–Crippen MR) is 18.8 cm³/mol. The lowest BCUT2D eigenvalue weighted by Gasteiger charge is -1.91. The Morgan fingerprint density at radius 1 is 2.00 bits per heavy atom. The molecular formula is C4H4O. The van der Waals surface area contributed by atoms with Crippen LogP contribution in [0.5, 0.6) is 0 Å². The molecule has 0 atom stereocenters. The molecule has 0 saturated carbocycles. The van der Waals surface area contributed by atoms with E-state index >= 15 is 0 Å². The fourth-order valence-corrected chi connectivity index (χ4v) is 0.193. The van der Waals surface area contributed by atoms with Crippen molar-refractivity contribution >= 4 is 0 Å². The summed E-state index contributed by atoms with van der Waals surface area (Å²) in [6, 6.07) is 0. The minimum absolute atomic E-state index is 0.380. The van der Waals surface area contributed by atoms with Gasteiger partial charge in [-0.1, -0.05) is 5.73 Å². The molecule has 5 heavy (non-hydrogen) atoms. The summed E-state index contributed by atoms with van der Waals surface area (Å²) in [7, 11) is 0. The molecule has 1 aliphatic rings. The van der Waals surface area contributed by atoms with Gasteiger partial charge in [-0.05, 0) is 6.08 Å². The van der Waals surface area contributed by atoms with Gasteiger partial charge in [0.05, 0.1) is 0 Å². The maximum absolute atomic E-state index is 8.22. The van der Waals surface area contributed by atoms with Crippen LogP contribution in [0.3, 0.4) is 0 Å². The standard InChI is InChI=1S/C4H4O/c5-4-2-1-3-4/h1,5H,2H2. The maximum Gasteiger partial charge on any atom is 0.139 e. The average Bonchev–Trinajstić information content (AvgIpc) is 1.30. The van der Waals surface area contributed by atoms with Crippen LogP contribution in [0.25, 0.3) is 0 Å². The van der Waals surface area contributed by atoms with Crippen LogP contribution in [-0.4, -0.2) is 5.11 Å². The highest BCUT2D eigenvalue weighted by Gasteiger charge is 1.90. The highest BCUT2D eigenvalue weighted by Crippen LogP contribution is 2.01. The molecule has 0 aromatic heterocycles. The summed E-state index contributed by atoms with van der Waals surface area (Å²) in [5.41, 5.74) is 2.56. The third-order valence-corrected chi connectivity index (χ3v) is 0.564. The predicted octanol–water partition coefficient (Wildman–Crippen LogP) is 0.987. The van der Waals surface area contributed by atoms with Crippen molar-refractivity contribution in [2.45, 2.75) is 6.42 Å². The Kier molecular flexibility index (Phi) is 0.322. The third kappa shape index (κ3) is 0.204. The molecule has 0 fully saturated rings. The second-order valence-electron chi connectivity index (χ2n) is 0.999. The molecule has 0 heterocycles. The van der Waals surface area contributed by atoms with Crippen LogP contribution >= 0.6 is 0 Å². The Hall–Kier alpha value is -0.680. The van der Waals surface area contributed by atoms with Crippen LogP contribution in [0, 0.1) is 0 Å². The molecule has 0 aromatic rings. The summed E-state index contributed by atoms with van der Waals surface area (Å²) in [5.74, 6) is 0.380. The minimum atomic E-state index is 0.380. The fourth-order valence-electron chi connectivity index (χ4n) is 0.193. The Balaban J connectivity index is 2.85. The van der Waals surface area contributed by atoms with Crippen LogP contribution in [0.1, 0.15) is 6.42 Å². The van der Waals surface area contributed by atoms with Crippen molar-refractivity contribution < 1.29 is 5.11 Å². The van der Waals surface area contributed by atoms with Gasteiger partial charge in [0.1, 0.15) is 5.76 Å². The lowest BCUT2D eigenvalue weighted by molar-refractivity contribution is 0.394. The SMILES string of the molecule is OC1=C=CC1. The zero-order chi connectivity index (χ0) is 3.70. The van der Waals surface area contributed by atoms with Gasteiger partial charge in [0.15, 0.2) is 0 Å². The molecule has 0 aliphatic heterocycles. The number of hydrogen-bond donors (Lipinski definition) is 1. The number of hydrogen-bond acceptors (Lipinski definition) is 1. The van der Waals surface area contributed by atoms with Gasteiger partial charge in [-0.15, -0.1) is 0 Å². The van der Waals surface area contributed by atoms with Gasteiger partial charge in [-0.3, -0.25) is 0 Å². The van der Waals surface area contributed by atoms with E-state index in [9.17, 15) is 0 Å². The normalized spacial score (nSPS) is 17.2. The summed E-state index contributed by atoms with van der Waals surface area (Å²) in [4.78, 5) is 0. The number of rotatable bonds is 0. The highest BCUT2D eigenvalue weighted by molar-refractivity contribution is 5.07. The molecule has 0 radical (unpaired) electrons. The molecule has 1 rings (SSSR count). The van der Waals surface area contributed by atoms with Crippen LogP contribution in [-0.2, 0) is 0 Å². The fraction of sp³-hybridized carbons (Fsp3) is 0.250. The largest absolute Gasteiger partial charge is 0.504 e. The van der Waals surface area contributed by atoms with Crippen LogP contribution in [0.2, 0.25) is 0 Å². The Labute approximate surface area is 30.2 Å². The van der Waals surface area contributed by atoms with Crippen molar-refractivity contribution in [3.05, 3.63) is 17.6 Å². The van der Waals surface area contributed by atoms with Crippen molar-refractivity contribution in [1.82, 2.24) is 0 Å². The average molecular weight is 68.1 g/mol. The zero-order valence-corrected chi connectivity index (χ0v) is 2.73. The molecule has 1 N–H and O–H groups in total. The second-order valence-corrected chi connectivity index (χ2v) is 0.999. The molecule has 1 aliphatic carbocycles. The van der Waals surface area contributed by atoms with Gasteiger partial charge in [-0.2, -0.15) is 0 Å². The first-order chi connectivity index (χ1) is 2.39. The summed E-state index contributed by atoms with van der Waals surface area (Å²) in [6.07, 6.45) is 2.51. The lowest BCUT2D eigenvalue weighted by atomic mass is 10.2. The van der Waals surface area contributed by atoms with E-state index in [0.29, 0.717) is 5.76 Å². The van der Waals surface area contributed by atoms with Crippen LogP contribution in [0.15, 0.2) is 17.6 Å². The van der Waals surface area contributed by atoms with Gasteiger partial charge in [0, 0.05) is 6.42 Å². The Morgan fingerprint density at radius 3 is 2.40 bits per heavy atom. The first kappa shape index (κ1) is 2.55. The first-order valence-electron chi connectivity index (χ1n) is 1.52. The molecule has 0 saturated heterocycles. The van der Waals surface area contributed by atoms with E-state index in [2.05, 4.69) is 5.73 Å². The summed E-state index contributed by atoms with van der Waals surface area (Å²) in [6.45, 7) is 0. The molecule has 1 heteroatoms. The number of aliphatic hydroxyl groups is 1. The second kappa shape index (κ2) is 0.631. The van der Waals surface area contributed by atoms with Crippen molar-refractivity contribution in [2.24, 2.45) is 0 Å². The smallest absolute Gasteiger partial charge is 0.139 e. The van der Waals surface area contributed by atoms with E-state index in [1.165, 1.54) is 0 Å². The summed E-state index contributed by atoms with van der Waals surface area (Å²) in [5, 5.41) is 8.22. The first-order valence-corrected chi connectivity index (χ1v) is 1.52. The van der Waals surface area contributed by atoms with Crippen molar-refractivity contribution in [2.75, 3.05) is 0 Å². The van der Waals surface area contributed by atoms with Gasteiger partial charge in [0.25, 0.3) is 0 Å². The molecule has 0 unspecified atom stereocenters. The maximum atomic E-state index is 8.22. The third-order valence-electron chi connectivity index (χ3n) is 0.564. The van der Waals surface area contributed by atoms with E-state index in [4.69, 9.17) is 5.11 Å². The van der Waals surface area contributed by atoms with Crippen molar-refractivity contribution in [3.63, 3.8) is 0 Å². The molecule has 0 aromatic carbocycles. The summed E-state index contributed by atoms with van der Waals surface area (Å²) < 4.78 is 0. The Bertz CT molecular complexity index is 96.2. The van der Waals surface area contributed by atoms with E-state index in [0.717, 1.165) is 6.42 Å². The molecule has 0 amide bonds. The monoisotopic (exact) mass is 68.0 g/mol. The van der Waals surface area contributed by atoms with E-state index in [1.54, 1.807) is 6.08 Å². The van der Waals surface area contributed by atoms with Gasteiger partial charge < -0.3 is 5.11 Å². The molecule has 26 valence electrons. The van der Waals surface area contributed by atoms with Crippen molar-refractivity contribution in [3.8, 4) is 0 Å². The van der Waals surface area contributed by atoms with Crippen LogP contribution in [0.4, 0.5) is 0 Å². The lowest BCUT2D eigenvalue weighted by Crippen LogP contribution is -1.79. The van der Waals surface area contributed by atoms with Gasteiger partial charge in [0.2, 0.25) is 0 Å². The van der Waals surface area contributed by atoms with Crippen LogP contribution < -0.4 is 0 Å². The van der Waals surface area contributed by atoms with E-state index in [-0.39, 0.29) is 0 Å².